The molecule has 0 bridgehead atoms. The van der Waals surface area contributed by atoms with Crippen LogP contribution in [0.5, 0.6) is 0 Å². The number of nitrogens with one attached hydrogen (secondary N) is 1. The fourth-order valence-electron chi connectivity index (χ4n) is 1.62. The molecule has 0 unspecified atom stereocenters. The van der Waals surface area contributed by atoms with Crippen molar-refractivity contribution in [3.63, 3.8) is 0 Å². The van der Waals surface area contributed by atoms with Crippen LogP contribution in [-0.4, -0.2) is 9.97 Å². The van der Waals surface area contributed by atoms with E-state index in [1.165, 1.54) is 5.56 Å². The van der Waals surface area contributed by atoms with Gasteiger partial charge >= 0.3 is 0 Å². The van der Waals surface area contributed by atoms with Crippen LogP contribution in [0.3, 0.4) is 0 Å². The smallest absolute Gasteiger partial charge is 0.120 e. The predicted molar refractivity (Wildman–Crippen MR) is 60.5 cm³/mol. The summed E-state index contributed by atoms with van der Waals surface area (Å²) in [5.41, 5.74) is 9.00. The summed E-state index contributed by atoms with van der Waals surface area (Å²) in [6, 6.07) is 10.3. The lowest BCUT2D eigenvalue weighted by Crippen LogP contribution is -1.98. The van der Waals surface area contributed by atoms with Crippen molar-refractivity contribution < 1.29 is 0 Å². The Balaban J connectivity index is 2.21. The summed E-state index contributed by atoms with van der Waals surface area (Å²) in [6.07, 6.45) is 0.864. The second-order valence-corrected chi connectivity index (χ2v) is 3.62. The zero-order chi connectivity index (χ0) is 10.7. The molecule has 1 heterocycles. The van der Waals surface area contributed by atoms with Gasteiger partial charge in [-0.1, -0.05) is 30.3 Å². The SMILES string of the molecule is Cc1[nH]c(CN)nc1Cc1ccccc1. The first-order valence-corrected chi connectivity index (χ1v) is 5.08. The van der Waals surface area contributed by atoms with Gasteiger partial charge in [-0.15, -0.1) is 0 Å². The number of benzene rings is 1. The Morgan fingerprint density at radius 3 is 2.60 bits per heavy atom. The molecular weight excluding hydrogens is 186 g/mol. The molecule has 78 valence electrons. The van der Waals surface area contributed by atoms with Crippen LogP contribution in [0, 0.1) is 6.92 Å². The van der Waals surface area contributed by atoms with E-state index in [2.05, 4.69) is 22.1 Å². The van der Waals surface area contributed by atoms with Gasteiger partial charge in [0.25, 0.3) is 0 Å². The fourth-order valence-corrected chi connectivity index (χ4v) is 1.62. The third kappa shape index (κ3) is 2.25. The summed E-state index contributed by atoms with van der Waals surface area (Å²) in [7, 11) is 0. The molecule has 3 heteroatoms. The highest BCUT2D eigenvalue weighted by atomic mass is 14.9. The van der Waals surface area contributed by atoms with Gasteiger partial charge < -0.3 is 10.7 Å². The Bertz CT molecular complexity index is 431. The average molecular weight is 201 g/mol. The molecule has 3 nitrogen and oxygen atoms in total. The van der Waals surface area contributed by atoms with Gasteiger partial charge in [0.1, 0.15) is 5.82 Å². The third-order valence-corrected chi connectivity index (χ3v) is 2.44. The van der Waals surface area contributed by atoms with Crippen LogP contribution in [-0.2, 0) is 13.0 Å². The largest absolute Gasteiger partial charge is 0.345 e. The maximum absolute atomic E-state index is 5.53. The molecule has 15 heavy (non-hydrogen) atoms. The number of aromatic nitrogens is 2. The Morgan fingerprint density at radius 2 is 2.00 bits per heavy atom. The minimum Gasteiger partial charge on any atom is -0.345 e. The summed E-state index contributed by atoms with van der Waals surface area (Å²) in [4.78, 5) is 7.62. The topological polar surface area (TPSA) is 54.7 Å². The number of hydrogen-bond acceptors (Lipinski definition) is 2. The molecule has 2 aromatic rings. The first-order chi connectivity index (χ1) is 7.29. The van der Waals surface area contributed by atoms with Crippen molar-refractivity contribution in [2.75, 3.05) is 0 Å². The number of aromatic amines is 1. The molecule has 1 aromatic carbocycles. The quantitative estimate of drug-likeness (QED) is 0.795. The number of aryl methyl sites for hydroxylation is 1. The molecule has 0 atom stereocenters. The molecule has 0 radical (unpaired) electrons. The number of nitrogens with zero attached hydrogens (tertiary/aromatic N) is 1. The van der Waals surface area contributed by atoms with Crippen LogP contribution in [0.2, 0.25) is 0 Å². The molecular formula is C12H15N3. The number of imidazole rings is 1. The monoisotopic (exact) mass is 201 g/mol. The van der Waals surface area contributed by atoms with E-state index in [4.69, 9.17) is 5.73 Å². The van der Waals surface area contributed by atoms with Crippen LogP contribution in [0.25, 0.3) is 0 Å². The standard InChI is InChI=1S/C12H15N3/c1-9-11(15-12(8-13)14-9)7-10-5-3-2-4-6-10/h2-6H,7-8,13H2,1H3,(H,14,15). The number of nitrogens with two attached hydrogens (primary N) is 1. The highest BCUT2D eigenvalue weighted by molar-refractivity contribution is 5.24. The Hall–Kier alpha value is -1.61. The minimum atomic E-state index is 0.468. The maximum atomic E-state index is 5.53. The van der Waals surface area contributed by atoms with Crippen LogP contribution in [0.4, 0.5) is 0 Å². The van der Waals surface area contributed by atoms with Crippen LogP contribution >= 0.6 is 0 Å². The van der Waals surface area contributed by atoms with Crippen molar-refractivity contribution in [2.24, 2.45) is 5.73 Å². The lowest BCUT2D eigenvalue weighted by molar-refractivity contribution is 0.935. The lowest BCUT2D eigenvalue weighted by atomic mass is 10.1. The van der Waals surface area contributed by atoms with Crippen LogP contribution < -0.4 is 5.73 Å². The lowest BCUT2D eigenvalue weighted by Gasteiger charge is -1.98. The summed E-state index contributed by atoms with van der Waals surface area (Å²) in [5, 5.41) is 0. The normalized spacial score (nSPS) is 10.5. The van der Waals surface area contributed by atoms with Crippen molar-refractivity contribution in [3.8, 4) is 0 Å². The number of hydrogen-bond donors (Lipinski definition) is 2. The average Bonchev–Trinajstić information content (AvgIpc) is 2.61. The predicted octanol–water partition coefficient (Wildman–Crippen LogP) is 1.77. The van der Waals surface area contributed by atoms with Crippen molar-refractivity contribution in [2.45, 2.75) is 19.9 Å². The number of H-pyrrole nitrogens is 1. The van der Waals surface area contributed by atoms with Crippen molar-refractivity contribution >= 4 is 0 Å². The molecule has 2 rings (SSSR count). The van der Waals surface area contributed by atoms with E-state index in [1.54, 1.807) is 0 Å². The minimum absolute atomic E-state index is 0.468. The highest BCUT2D eigenvalue weighted by Crippen LogP contribution is 2.11. The van der Waals surface area contributed by atoms with E-state index in [0.29, 0.717) is 6.54 Å². The summed E-state index contributed by atoms with van der Waals surface area (Å²) >= 11 is 0. The molecule has 1 aromatic heterocycles. The van der Waals surface area contributed by atoms with Crippen LogP contribution in [0.1, 0.15) is 22.8 Å². The molecule has 0 spiro atoms. The molecule has 0 saturated heterocycles. The Morgan fingerprint density at radius 1 is 1.27 bits per heavy atom. The Kier molecular flexibility index (Phi) is 2.83. The first kappa shape index (κ1) is 9.93. The van der Waals surface area contributed by atoms with Gasteiger partial charge in [0, 0.05) is 12.1 Å². The van der Waals surface area contributed by atoms with E-state index in [0.717, 1.165) is 23.6 Å². The maximum Gasteiger partial charge on any atom is 0.120 e. The second kappa shape index (κ2) is 4.28. The third-order valence-electron chi connectivity index (χ3n) is 2.44. The molecule has 0 fully saturated rings. The van der Waals surface area contributed by atoms with E-state index in [-0.39, 0.29) is 0 Å². The first-order valence-electron chi connectivity index (χ1n) is 5.08. The Labute approximate surface area is 89.4 Å². The molecule has 3 N–H and O–H groups in total. The van der Waals surface area contributed by atoms with Crippen LogP contribution in [0.15, 0.2) is 30.3 Å². The molecule has 0 aliphatic carbocycles. The van der Waals surface area contributed by atoms with Gasteiger partial charge in [-0.05, 0) is 12.5 Å². The molecule has 0 aliphatic heterocycles. The van der Waals surface area contributed by atoms with Crippen molar-refractivity contribution in [3.05, 3.63) is 53.1 Å². The summed E-state index contributed by atoms with van der Waals surface area (Å²) in [5.74, 6) is 0.860. The highest BCUT2D eigenvalue weighted by Gasteiger charge is 2.05. The van der Waals surface area contributed by atoms with Gasteiger partial charge in [-0.2, -0.15) is 0 Å². The van der Waals surface area contributed by atoms with Gasteiger partial charge in [0.15, 0.2) is 0 Å². The zero-order valence-electron chi connectivity index (χ0n) is 8.83. The molecule has 0 aliphatic rings. The van der Waals surface area contributed by atoms with Gasteiger partial charge in [0.2, 0.25) is 0 Å². The van der Waals surface area contributed by atoms with Gasteiger partial charge in [-0.3, -0.25) is 0 Å². The summed E-state index contributed by atoms with van der Waals surface area (Å²) in [6.45, 7) is 2.50. The molecule has 0 saturated carbocycles. The number of rotatable bonds is 3. The van der Waals surface area contributed by atoms with Gasteiger partial charge in [0.05, 0.1) is 12.2 Å². The zero-order valence-corrected chi connectivity index (χ0v) is 8.83. The van der Waals surface area contributed by atoms with E-state index < -0.39 is 0 Å². The van der Waals surface area contributed by atoms with E-state index >= 15 is 0 Å². The fraction of sp³-hybridized carbons (Fsp3) is 0.250. The van der Waals surface area contributed by atoms with Crippen molar-refractivity contribution in [1.82, 2.24) is 9.97 Å². The molecule has 0 amide bonds. The van der Waals surface area contributed by atoms with Gasteiger partial charge in [-0.25, -0.2) is 4.98 Å². The second-order valence-electron chi connectivity index (χ2n) is 3.62. The van der Waals surface area contributed by atoms with E-state index in [9.17, 15) is 0 Å². The summed E-state index contributed by atoms with van der Waals surface area (Å²) < 4.78 is 0. The van der Waals surface area contributed by atoms with E-state index in [1.807, 2.05) is 25.1 Å². The van der Waals surface area contributed by atoms with Crippen molar-refractivity contribution in [1.29, 1.82) is 0 Å².